The number of carbonyl (C=O) groups excluding carboxylic acids is 3. The molecule has 0 aromatic heterocycles. The summed E-state index contributed by atoms with van der Waals surface area (Å²) in [6.07, 6.45) is -0.0827. The summed E-state index contributed by atoms with van der Waals surface area (Å²) in [5, 5.41) is 9.31. The first-order chi connectivity index (χ1) is 15.2. The quantitative estimate of drug-likeness (QED) is 0.376. The number of likely N-dealkylation sites (N-methyl/N-ethyl adjacent to an activating group) is 1. The van der Waals surface area contributed by atoms with Crippen LogP contribution in [0.4, 0.5) is 0 Å². The predicted octanol–water partition coefficient (Wildman–Crippen LogP) is 0.686. The molecule has 0 amide bonds. The summed E-state index contributed by atoms with van der Waals surface area (Å²) in [5.74, 6) is -4.38. The van der Waals surface area contributed by atoms with E-state index in [1.54, 1.807) is 26.1 Å². The van der Waals surface area contributed by atoms with Crippen molar-refractivity contribution in [1.82, 2.24) is 4.90 Å². The third kappa shape index (κ3) is 3.48. The first kappa shape index (κ1) is 23.5. The second kappa shape index (κ2) is 8.78. The minimum atomic E-state index is -1.87. The Morgan fingerprint density at radius 2 is 1.94 bits per heavy atom. The molecule has 10 nitrogen and oxygen atoms in total. The van der Waals surface area contributed by atoms with E-state index in [0.717, 1.165) is 5.56 Å². The van der Waals surface area contributed by atoms with Crippen molar-refractivity contribution in [3.63, 3.8) is 0 Å². The van der Waals surface area contributed by atoms with E-state index in [1.165, 1.54) is 14.2 Å². The van der Waals surface area contributed by atoms with Gasteiger partial charge in [-0.2, -0.15) is 0 Å². The smallest absolute Gasteiger partial charge is 0.417 e. The summed E-state index contributed by atoms with van der Waals surface area (Å²) in [6, 6.07) is 4.54. The first-order valence-electron chi connectivity index (χ1n) is 10.2. The van der Waals surface area contributed by atoms with E-state index in [0.29, 0.717) is 24.3 Å². The summed E-state index contributed by atoms with van der Waals surface area (Å²) in [6.45, 7) is 2.11. The van der Waals surface area contributed by atoms with Gasteiger partial charge in [0.15, 0.2) is 5.60 Å². The van der Waals surface area contributed by atoms with Crippen molar-refractivity contribution in [2.24, 2.45) is 0 Å². The van der Waals surface area contributed by atoms with Gasteiger partial charge in [0, 0.05) is 0 Å². The van der Waals surface area contributed by atoms with Crippen LogP contribution in [-0.2, 0) is 45.2 Å². The number of carboxylic acids is 1. The van der Waals surface area contributed by atoms with Crippen LogP contribution in [0.1, 0.15) is 30.9 Å². The summed E-state index contributed by atoms with van der Waals surface area (Å²) in [7, 11) is 4.45. The van der Waals surface area contributed by atoms with Gasteiger partial charge < -0.3 is 24.1 Å². The Morgan fingerprint density at radius 3 is 2.53 bits per heavy atom. The number of hydrogen-bond acceptors (Lipinski definition) is 9. The number of rotatable bonds is 6. The van der Waals surface area contributed by atoms with Gasteiger partial charge in [-0.25, -0.2) is 9.59 Å². The van der Waals surface area contributed by atoms with Gasteiger partial charge in [-0.1, -0.05) is 6.07 Å². The third-order valence-electron chi connectivity index (χ3n) is 6.52. The number of esters is 3. The number of hydrogen-bond donors (Lipinski definition) is 1. The molecular weight excluding hydrogens is 422 g/mol. The number of carbonyl (C=O) groups is 4. The van der Waals surface area contributed by atoms with E-state index in [9.17, 15) is 24.3 Å². The number of aliphatic carboxylic acids is 1. The van der Waals surface area contributed by atoms with Crippen molar-refractivity contribution in [3.8, 4) is 5.75 Å². The molecule has 1 aromatic carbocycles. The molecule has 174 valence electrons. The maximum atomic E-state index is 13.5. The molecule has 1 aliphatic heterocycles. The van der Waals surface area contributed by atoms with E-state index in [4.69, 9.17) is 18.9 Å². The number of piperidine rings is 1. The molecule has 3 rings (SSSR count). The lowest BCUT2D eigenvalue weighted by Crippen LogP contribution is -2.75. The van der Waals surface area contributed by atoms with E-state index >= 15 is 0 Å². The average Bonchev–Trinajstić information content (AvgIpc) is 2.76. The van der Waals surface area contributed by atoms with Gasteiger partial charge in [0.1, 0.15) is 11.2 Å². The molecule has 3 atom stereocenters. The van der Waals surface area contributed by atoms with Crippen LogP contribution in [0.2, 0.25) is 0 Å². The van der Waals surface area contributed by atoms with Gasteiger partial charge in [0.2, 0.25) is 0 Å². The molecule has 2 aliphatic rings. The van der Waals surface area contributed by atoms with E-state index in [1.807, 2.05) is 11.0 Å². The number of likely N-dealkylation sites (tertiary alicyclic amines) is 1. The largest absolute Gasteiger partial charge is 0.497 e. The molecule has 0 radical (unpaired) electrons. The second-order valence-electron chi connectivity index (χ2n) is 7.94. The lowest BCUT2D eigenvalue weighted by molar-refractivity contribution is -0.212. The lowest BCUT2D eigenvalue weighted by Gasteiger charge is -2.60. The normalized spacial score (nSPS) is 26.4. The topological polar surface area (TPSA) is 129 Å². The fourth-order valence-electron chi connectivity index (χ4n) is 5.16. The lowest BCUT2D eigenvalue weighted by atomic mass is 9.53. The number of fused-ring (bicyclic) bond motifs is 4. The van der Waals surface area contributed by atoms with Crippen LogP contribution in [0.15, 0.2) is 18.2 Å². The fraction of sp³-hybridized carbons (Fsp3) is 0.545. The maximum absolute atomic E-state index is 13.5. The standard InChI is InChI=1S/C22H27NO9/c1-5-31-17(24)12-22(32-19(27)18(25)26)16-10-13-6-7-14(29-3)11-15(13)21(22,20(28)30-4)8-9-23(16)2/h6-7,11,16H,5,8-10,12H2,1-4H3,(H,25,26)/t16?,21?,22-/m1/s1. The molecule has 1 fully saturated rings. The summed E-state index contributed by atoms with van der Waals surface area (Å²) < 4.78 is 21.3. The number of benzene rings is 1. The molecule has 1 aromatic rings. The van der Waals surface area contributed by atoms with Crippen molar-refractivity contribution < 1.29 is 43.2 Å². The first-order valence-corrected chi connectivity index (χ1v) is 10.2. The van der Waals surface area contributed by atoms with Crippen molar-refractivity contribution in [2.45, 2.75) is 43.2 Å². The monoisotopic (exact) mass is 449 g/mol. The van der Waals surface area contributed by atoms with Crippen LogP contribution in [0.5, 0.6) is 5.75 Å². The highest BCUT2D eigenvalue weighted by Gasteiger charge is 2.71. The predicted molar refractivity (Wildman–Crippen MR) is 109 cm³/mol. The molecule has 1 N–H and O–H groups in total. The van der Waals surface area contributed by atoms with Crippen molar-refractivity contribution in [1.29, 1.82) is 0 Å². The zero-order valence-electron chi connectivity index (χ0n) is 18.5. The SMILES string of the molecule is CCOC(=O)C[C@@]1(OC(=O)C(=O)O)C2Cc3ccc(OC)cc3C1(C(=O)OC)CCN2C. The zero-order valence-corrected chi connectivity index (χ0v) is 18.5. The number of nitrogens with zero attached hydrogens (tertiary/aromatic N) is 1. The molecule has 32 heavy (non-hydrogen) atoms. The minimum Gasteiger partial charge on any atom is -0.497 e. The van der Waals surface area contributed by atoms with Crippen molar-refractivity contribution in [2.75, 3.05) is 34.4 Å². The number of ether oxygens (including phenoxy) is 4. The van der Waals surface area contributed by atoms with Gasteiger partial charge in [0.05, 0.1) is 33.3 Å². The molecule has 0 spiro atoms. The molecule has 0 saturated carbocycles. The van der Waals surface area contributed by atoms with Crippen LogP contribution in [0, 0.1) is 0 Å². The van der Waals surface area contributed by atoms with E-state index < -0.39 is 47.4 Å². The molecule has 1 saturated heterocycles. The Bertz CT molecular complexity index is 945. The number of carboxylic acid groups (broad SMARTS) is 1. The van der Waals surface area contributed by atoms with Gasteiger partial charge in [-0.3, -0.25) is 14.5 Å². The Hall–Kier alpha value is -3.14. The minimum absolute atomic E-state index is 0.0674. The van der Waals surface area contributed by atoms with Crippen LogP contribution in [0.25, 0.3) is 0 Å². The van der Waals surface area contributed by atoms with Crippen LogP contribution >= 0.6 is 0 Å². The van der Waals surface area contributed by atoms with E-state index in [2.05, 4.69) is 0 Å². The molecule has 2 bridgehead atoms. The average molecular weight is 449 g/mol. The fourth-order valence-corrected chi connectivity index (χ4v) is 5.16. The van der Waals surface area contributed by atoms with Crippen molar-refractivity contribution >= 4 is 23.9 Å². The van der Waals surface area contributed by atoms with Crippen molar-refractivity contribution in [3.05, 3.63) is 29.3 Å². The van der Waals surface area contributed by atoms with Gasteiger partial charge in [0.25, 0.3) is 0 Å². The molecule has 1 heterocycles. The number of methoxy groups -OCH3 is 2. The highest BCUT2D eigenvalue weighted by Crippen LogP contribution is 2.56. The van der Waals surface area contributed by atoms with Crippen LogP contribution < -0.4 is 4.74 Å². The zero-order chi connectivity index (χ0) is 23.7. The second-order valence-corrected chi connectivity index (χ2v) is 7.94. The van der Waals surface area contributed by atoms with E-state index in [-0.39, 0.29) is 13.0 Å². The highest BCUT2D eigenvalue weighted by atomic mass is 16.6. The maximum Gasteiger partial charge on any atom is 0.417 e. The molecule has 2 unspecified atom stereocenters. The molecular formula is C22H27NO9. The summed E-state index contributed by atoms with van der Waals surface area (Å²) in [5.41, 5.74) is -2.23. The third-order valence-corrected chi connectivity index (χ3v) is 6.52. The van der Waals surface area contributed by atoms with Crippen LogP contribution in [-0.4, -0.2) is 79.9 Å². The Labute approximate surface area is 185 Å². The Kier molecular flexibility index (Phi) is 6.45. The van der Waals surface area contributed by atoms with Gasteiger partial charge in [-0.05, 0) is 56.6 Å². The highest BCUT2D eigenvalue weighted by molar-refractivity contribution is 6.29. The molecule has 1 aliphatic carbocycles. The molecule has 10 heteroatoms. The Balaban J connectivity index is 2.36. The summed E-state index contributed by atoms with van der Waals surface area (Å²) >= 11 is 0. The summed E-state index contributed by atoms with van der Waals surface area (Å²) in [4.78, 5) is 52.0. The van der Waals surface area contributed by atoms with Gasteiger partial charge in [-0.15, -0.1) is 0 Å². The Morgan fingerprint density at radius 1 is 1.22 bits per heavy atom. The van der Waals surface area contributed by atoms with Crippen LogP contribution in [0.3, 0.4) is 0 Å². The van der Waals surface area contributed by atoms with Gasteiger partial charge >= 0.3 is 23.9 Å².